The Morgan fingerprint density at radius 2 is 1.96 bits per heavy atom. The number of phenols is 2. The molecule has 4 heterocycles. The van der Waals surface area contributed by atoms with Crippen LogP contribution in [0.5, 0.6) is 11.5 Å². The molecule has 0 saturated carbocycles. The summed E-state index contributed by atoms with van der Waals surface area (Å²) in [6.45, 7) is 0. The molecule has 240 valence electrons. The molecule has 20 heteroatoms. The molecule has 3 aromatic rings. The summed E-state index contributed by atoms with van der Waals surface area (Å²) >= 11 is 3.59. The van der Waals surface area contributed by atoms with Gasteiger partial charge in [0.1, 0.15) is 17.1 Å². The quantitative estimate of drug-likeness (QED) is 0.0225. The molecule has 3 atom stereocenters. The standard InChI is InChI=1S/C27H25N7O9S3.Na/c1-29-33-6-4-14(5-7-33)44-9-13-10-45-24-19(23(38)34(24)20(13)25(39)40)31-22(37)18(15-11-46-27(28)30-15)32-43-21(26(41)42)12-2-3-16(35)17(36)8-12;/h2-8,11,19,21,24,29H,9-10H2,1H3,(H6-,28,30,31,32,35,36,37,39,40,41,42);/q;+1/p-1/t19-,21+,24-;/m1./s1. The minimum Gasteiger partial charge on any atom is -0.546 e. The molecular weight excluding hydrogens is 686 g/mol. The molecule has 0 bridgehead atoms. The molecule has 0 spiro atoms. The molecule has 2 amide bonds. The third kappa shape index (κ3) is 7.77. The second-order valence-electron chi connectivity index (χ2n) is 9.62. The largest absolute Gasteiger partial charge is 1.00 e. The van der Waals surface area contributed by atoms with Crippen molar-refractivity contribution in [3.8, 4) is 11.5 Å². The van der Waals surface area contributed by atoms with Gasteiger partial charge >= 0.3 is 29.6 Å². The molecule has 1 aromatic carbocycles. The molecule has 0 aliphatic carbocycles. The van der Waals surface area contributed by atoms with Gasteiger partial charge in [-0.05, 0) is 17.7 Å². The molecule has 5 rings (SSSR count). The fourth-order valence-electron chi connectivity index (χ4n) is 4.47. The fourth-order valence-corrected chi connectivity index (χ4v) is 7.39. The van der Waals surface area contributed by atoms with Gasteiger partial charge in [-0.15, -0.1) is 34.9 Å². The number of carbonyl (C=O) groups is 4. The van der Waals surface area contributed by atoms with Crippen LogP contribution in [0.2, 0.25) is 0 Å². The number of phenolic OH excluding ortho intramolecular Hbond substituents is 2. The van der Waals surface area contributed by atoms with E-state index < -0.39 is 58.5 Å². The Morgan fingerprint density at radius 1 is 1.23 bits per heavy atom. The normalized spacial score (nSPS) is 17.9. The molecule has 2 aliphatic heterocycles. The van der Waals surface area contributed by atoms with Gasteiger partial charge in [0.05, 0.1) is 24.7 Å². The van der Waals surface area contributed by atoms with Crippen molar-refractivity contribution in [1.82, 2.24) is 15.2 Å². The monoisotopic (exact) mass is 709 g/mol. The van der Waals surface area contributed by atoms with Crippen LogP contribution in [0.25, 0.3) is 0 Å². The Kier molecular flexibility index (Phi) is 11.6. The van der Waals surface area contributed by atoms with Crippen LogP contribution in [-0.2, 0) is 24.0 Å². The Morgan fingerprint density at radius 3 is 2.55 bits per heavy atom. The minimum atomic E-state index is -1.92. The predicted molar refractivity (Wildman–Crippen MR) is 161 cm³/mol. The zero-order chi connectivity index (χ0) is 33.1. The molecular formula is C27H24N7NaO9S3. The molecule has 1 fully saturated rings. The zero-order valence-corrected chi connectivity index (χ0v) is 29.1. The van der Waals surface area contributed by atoms with E-state index in [1.54, 1.807) is 24.1 Å². The number of nitrogens with zero attached hydrogens (tertiary/aromatic N) is 4. The first-order chi connectivity index (χ1) is 22.0. The van der Waals surface area contributed by atoms with Crippen LogP contribution in [0.1, 0.15) is 17.4 Å². The number of β-lactam (4-membered cyclic amide) rings is 1. The third-order valence-corrected chi connectivity index (χ3v) is 9.85. The zero-order valence-electron chi connectivity index (χ0n) is 24.6. The summed E-state index contributed by atoms with van der Waals surface area (Å²) in [5.41, 5.74) is 8.08. The number of benzene rings is 1. The first-order valence-corrected chi connectivity index (χ1v) is 16.1. The smallest absolute Gasteiger partial charge is 0.546 e. The number of rotatable bonds is 12. The summed E-state index contributed by atoms with van der Waals surface area (Å²) in [4.78, 5) is 61.7. The van der Waals surface area contributed by atoms with E-state index in [9.17, 15) is 39.6 Å². The predicted octanol–water partition coefficient (Wildman–Crippen LogP) is -4.99. The number of nitrogens with two attached hydrogens (primary N) is 1. The molecule has 1 saturated heterocycles. The number of oxime groups is 1. The van der Waals surface area contributed by atoms with Gasteiger partial charge in [0.15, 0.2) is 28.4 Å². The molecule has 16 nitrogen and oxygen atoms in total. The average Bonchev–Trinajstić information content (AvgIpc) is 3.47. The van der Waals surface area contributed by atoms with E-state index in [4.69, 9.17) is 10.6 Å². The number of pyridine rings is 1. The Hall–Kier alpha value is -4.01. The molecule has 6 N–H and O–H groups in total. The van der Waals surface area contributed by atoms with E-state index in [0.29, 0.717) is 5.57 Å². The van der Waals surface area contributed by atoms with Gasteiger partial charge < -0.3 is 45.9 Å². The van der Waals surface area contributed by atoms with Crippen molar-refractivity contribution in [3.05, 3.63) is 70.6 Å². The van der Waals surface area contributed by atoms with Gasteiger partial charge in [0, 0.05) is 39.5 Å². The maximum Gasteiger partial charge on any atom is 1.00 e. The summed E-state index contributed by atoms with van der Waals surface area (Å²) in [5.74, 6) is -5.60. The number of fused-ring (bicyclic) bond motifs is 1. The number of hydrogen-bond donors (Lipinski definition) is 5. The number of nitrogen functional groups attached to an aromatic ring is 1. The van der Waals surface area contributed by atoms with Crippen molar-refractivity contribution < 1.29 is 78.7 Å². The van der Waals surface area contributed by atoms with E-state index in [0.717, 1.165) is 39.3 Å². The average molecular weight is 710 g/mol. The molecule has 0 unspecified atom stereocenters. The van der Waals surface area contributed by atoms with Crippen LogP contribution < -0.4 is 60.9 Å². The van der Waals surface area contributed by atoms with Crippen molar-refractivity contribution in [3.63, 3.8) is 0 Å². The third-order valence-electron chi connectivity index (χ3n) is 6.74. The number of carboxylic acid groups (broad SMARTS) is 2. The number of nitrogens with one attached hydrogen (secondary N) is 2. The first-order valence-electron chi connectivity index (χ1n) is 13.2. The topological polar surface area (TPSA) is 247 Å². The minimum absolute atomic E-state index is 0. The Balaban J connectivity index is 0.00000500. The van der Waals surface area contributed by atoms with Crippen molar-refractivity contribution >= 4 is 69.5 Å². The molecule has 0 radical (unpaired) electrons. The SMILES string of the molecule is CN[n+]1ccc(SCC2=C(C(=O)[O-])N3C(=O)[C@@H](NC(=O)/C(=N\O[C@H](C(=O)[O-])c4ccc(O)c(O)c4)c4csc(N)n4)[C@H]3SC2)cc1.[Na+]. The van der Waals surface area contributed by atoms with Crippen molar-refractivity contribution in [2.75, 3.05) is 29.7 Å². The van der Waals surface area contributed by atoms with E-state index >= 15 is 0 Å². The van der Waals surface area contributed by atoms with Crippen LogP contribution in [0.4, 0.5) is 5.13 Å². The number of hydrogen-bond acceptors (Lipinski definition) is 16. The van der Waals surface area contributed by atoms with Crippen LogP contribution in [0.3, 0.4) is 0 Å². The number of carbonyl (C=O) groups excluding carboxylic acids is 4. The van der Waals surface area contributed by atoms with Gasteiger partial charge in [0.2, 0.25) is 12.4 Å². The van der Waals surface area contributed by atoms with Gasteiger partial charge in [-0.3, -0.25) is 14.5 Å². The first kappa shape index (κ1) is 35.8. The number of aromatic hydroxyl groups is 2. The van der Waals surface area contributed by atoms with Gasteiger partial charge in [-0.25, -0.2) is 4.98 Å². The van der Waals surface area contributed by atoms with E-state index in [1.165, 1.54) is 28.9 Å². The maximum atomic E-state index is 13.4. The number of amides is 2. The molecule has 2 aromatic heterocycles. The summed E-state index contributed by atoms with van der Waals surface area (Å²) in [6, 6.07) is 5.62. The second kappa shape index (κ2) is 15.3. The number of anilines is 1. The molecule has 2 aliphatic rings. The Labute approximate surface area is 300 Å². The van der Waals surface area contributed by atoms with Gasteiger partial charge in [-0.2, -0.15) is 5.43 Å². The molecule has 47 heavy (non-hydrogen) atoms. The maximum absolute atomic E-state index is 13.4. The number of thiazole rings is 1. The second-order valence-corrected chi connectivity index (χ2v) is 12.7. The summed E-state index contributed by atoms with van der Waals surface area (Å²) in [5, 5.41) is 50.1. The number of thioether (sulfide) groups is 2. The van der Waals surface area contributed by atoms with Crippen molar-refractivity contribution in [2.24, 2.45) is 5.16 Å². The van der Waals surface area contributed by atoms with Crippen LogP contribution in [-0.4, -0.2) is 79.5 Å². The van der Waals surface area contributed by atoms with Gasteiger partial charge in [-0.1, -0.05) is 15.9 Å². The van der Waals surface area contributed by atoms with Crippen LogP contribution in [0, 0.1) is 0 Å². The van der Waals surface area contributed by atoms with E-state index in [2.05, 4.69) is 20.9 Å². The van der Waals surface area contributed by atoms with Crippen LogP contribution >= 0.6 is 34.9 Å². The van der Waals surface area contributed by atoms with Crippen molar-refractivity contribution in [2.45, 2.75) is 22.4 Å². The number of carboxylic acids is 2. The van der Waals surface area contributed by atoms with Gasteiger partial charge in [0.25, 0.3) is 11.8 Å². The fraction of sp³-hybridized carbons (Fsp3) is 0.222. The number of aliphatic carboxylic acids is 2. The Bertz CT molecular complexity index is 1770. The summed E-state index contributed by atoms with van der Waals surface area (Å²) in [6.07, 6.45) is 1.67. The van der Waals surface area contributed by atoms with Crippen LogP contribution in [0.15, 0.2) is 69.4 Å². The van der Waals surface area contributed by atoms with E-state index in [1.807, 2.05) is 12.1 Å². The summed E-state index contributed by atoms with van der Waals surface area (Å²) < 4.78 is 1.74. The number of aromatic nitrogens is 2. The van der Waals surface area contributed by atoms with E-state index in [-0.39, 0.29) is 63.1 Å². The summed E-state index contributed by atoms with van der Waals surface area (Å²) in [7, 11) is 1.76. The van der Waals surface area contributed by atoms with Crippen molar-refractivity contribution in [1.29, 1.82) is 0 Å².